The van der Waals surface area contributed by atoms with Crippen molar-refractivity contribution in [1.29, 1.82) is 5.26 Å². The average molecular weight is 308 g/mol. The molecule has 1 aliphatic carbocycles. The maximum absolute atomic E-state index is 12.2. The van der Waals surface area contributed by atoms with E-state index in [9.17, 15) is 14.9 Å². The van der Waals surface area contributed by atoms with Crippen molar-refractivity contribution in [2.75, 3.05) is 19.6 Å². The third-order valence-electron chi connectivity index (χ3n) is 3.75. The van der Waals surface area contributed by atoms with E-state index in [4.69, 9.17) is 0 Å². The van der Waals surface area contributed by atoms with Crippen LogP contribution in [0.3, 0.4) is 0 Å². The standard InChI is InChI=1S/C16H28N4O2/c1-5-20(10-13(21)18-15(2,3)4)11-14(22)19-16(12-17)8-6-7-9-16/h5-11H2,1-4H3,(H,18,21)(H,19,22). The Hall–Kier alpha value is -1.61. The molecule has 1 saturated carbocycles. The molecule has 6 heteroatoms. The lowest BCUT2D eigenvalue weighted by Gasteiger charge is -2.26. The number of nitriles is 1. The topological polar surface area (TPSA) is 85.2 Å². The van der Waals surface area contributed by atoms with Crippen LogP contribution in [-0.2, 0) is 9.59 Å². The highest BCUT2D eigenvalue weighted by molar-refractivity contribution is 5.82. The predicted molar refractivity (Wildman–Crippen MR) is 85.0 cm³/mol. The SMILES string of the molecule is CCN(CC(=O)NC(C)(C)C)CC(=O)NC1(C#N)CCCC1. The minimum absolute atomic E-state index is 0.0991. The summed E-state index contributed by atoms with van der Waals surface area (Å²) in [7, 11) is 0. The highest BCUT2D eigenvalue weighted by Gasteiger charge is 2.35. The van der Waals surface area contributed by atoms with E-state index in [-0.39, 0.29) is 30.4 Å². The molecule has 1 fully saturated rings. The fourth-order valence-electron chi connectivity index (χ4n) is 2.69. The molecule has 124 valence electrons. The van der Waals surface area contributed by atoms with E-state index >= 15 is 0 Å². The number of carbonyl (C=O) groups excluding carboxylic acids is 2. The maximum atomic E-state index is 12.2. The summed E-state index contributed by atoms with van der Waals surface area (Å²) in [6.07, 6.45) is 3.37. The van der Waals surface area contributed by atoms with Gasteiger partial charge in [-0.1, -0.05) is 6.92 Å². The van der Waals surface area contributed by atoms with Crippen molar-refractivity contribution >= 4 is 11.8 Å². The minimum atomic E-state index is -0.704. The van der Waals surface area contributed by atoms with E-state index in [1.165, 1.54) is 0 Å². The molecule has 0 aromatic heterocycles. The van der Waals surface area contributed by atoms with Crippen LogP contribution < -0.4 is 10.6 Å². The second-order valence-electron chi connectivity index (χ2n) is 7.05. The molecule has 2 N–H and O–H groups in total. The van der Waals surface area contributed by atoms with Crippen molar-refractivity contribution < 1.29 is 9.59 Å². The summed E-state index contributed by atoms with van der Waals surface area (Å²) in [4.78, 5) is 25.9. The van der Waals surface area contributed by atoms with Crippen molar-refractivity contribution in [2.24, 2.45) is 0 Å². The largest absolute Gasteiger partial charge is 0.350 e. The summed E-state index contributed by atoms with van der Waals surface area (Å²) < 4.78 is 0. The zero-order valence-corrected chi connectivity index (χ0v) is 14.2. The minimum Gasteiger partial charge on any atom is -0.350 e. The van der Waals surface area contributed by atoms with Crippen LogP contribution in [-0.4, -0.2) is 47.4 Å². The number of nitrogens with one attached hydrogen (secondary N) is 2. The second-order valence-corrected chi connectivity index (χ2v) is 7.05. The molecule has 0 radical (unpaired) electrons. The van der Waals surface area contributed by atoms with E-state index in [0.717, 1.165) is 12.8 Å². The molecule has 22 heavy (non-hydrogen) atoms. The first kappa shape index (κ1) is 18.4. The number of nitrogens with zero attached hydrogens (tertiary/aromatic N) is 2. The highest BCUT2D eigenvalue weighted by atomic mass is 16.2. The number of rotatable bonds is 6. The Bertz CT molecular complexity index is 442. The van der Waals surface area contributed by atoms with E-state index in [2.05, 4.69) is 16.7 Å². The Kier molecular flexibility index (Phi) is 6.36. The number of amides is 2. The first-order chi connectivity index (χ1) is 10.2. The normalized spacial score (nSPS) is 17.1. The molecule has 0 atom stereocenters. The predicted octanol–water partition coefficient (Wildman–Crippen LogP) is 1.18. The highest BCUT2D eigenvalue weighted by Crippen LogP contribution is 2.28. The molecule has 2 amide bonds. The van der Waals surface area contributed by atoms with Gasteiger partial charge in [-0.05, 0) is 53.0 Å². The average Bonchev–Trinajstić information content (AvgIpc) is 2.84. The van der Waals surface area contributed by atoms with Crippen molar-refractivity contribution in [1.82, 2.24) is 15.5 Å². The number of likely N-dealkylation sites (N-methyl/N-ethyl adjacent to an activating group) is 1. The van der Waals surface area contributed by atoms with Crippen molar-refractivity contribution in [2.45, 2.75) is 64.5 Å². The van der Waals surface area contributed by atoms with Crippen LogP contribution in [0.4, 0.5) is 0 Å². The Balaban J connectivity index is 2.50. The van der Waals surface area contributed by atoms with Crippen molar-refractivity contribution in [3.63, 3.8) is 0 Å². The van der Waals surface area contributed by atoms with Crippen LogP contribution in [0.5, 0.6) is 0 Å². The summed E-state index contributed by atoms with van der Waals surface area (Å²) in [6.45, 7) is 8.59. The summed E-state index contributed by atoms with van der Waals surface area (Å²) in [5, 5.41) is 15.0. The second kappa shape index (κ2) is 7.59. The van der Waals surface area contributed by atoms with E-state index in [1.54, 1.807) is 4.90 Å². The first-order valence-electron chi connectivity index (χ1n) is 7.95. The molecular weight excluding hydrogens is 280 g/mol. The van der Waals surface area contributed by atoms with Crippen LogP contribution in [0.2, 0.25) is 0 Å². The molecule has 0 unspecified atom stereocenters. The molecule has 0 aliphatic heterocycles. The quantitative estimate of drug-likeness (QED) is 0.771. The lowest BCUT2D eigenvalue weighted by atomic mass is 10.00. The first-order valence-corrected chi connectivity index (χ1v) is 7.95. The van der Waals surface area contributed by atoms with Gasteiger partial charge < -0.3 is 10.6 Å². The Morgan fingerprint density at radius 1 is 1.18 bits per heavy atom. The van der Waals surface area contributed by atoms with Crippen LogP contribution >= 0.6 is 0 Å². The fourth-order valence-corrected chi connectivity index (χ4v) is 2.69. The van der Waals surface area contributed by atoms with Gasteiger partial charge in [-0.15, -0.1) is 0 Å². The monoisotopic (exact) mass is 308 g/mol. The Morgan fingerprint density at radius 2 is 1.73 bits per heavy atom. The van der Waals surface area contributed by atoms with Crippen LogP contribution in [0.15, 0.2) is 0 Å². The van der Waals surface area contributed by atoms with Gasteiger partial charge in [-0.2, -0.15) is 5.26 Å². The molecule has 0 bridgehead atoms. The molecular formula is C16H28N4O2. The molecule has 0 saturated heterocycles. The van der Waals surface area contributed by atoms with Gasteiger partial charge in [0, 0.05) is 5.54 Å². The van der Waals surface area contributed by atoms with Gasteiger partial charge in [0.2, 0.25) is 11.8 Å². The van der Waals surface area contributed by atoms with Gasteiger partial charge in [-0.3, -0.25) is 14.5 Å². The van der Waals surface area contributed by atoms with Gasteiger partial charge in [-0.25, -0.2) is 0 Å². The van der Waals surface area contributed by atoms with Crippen LogP contribution in [0.25, 0.3) is 0 Å². The summed E-state index contributed by atoms with van der Waals surface area (Å²) in [5.74, 6) is -0.285. The van der Waals surface area contributed by atoms with E-state index in [1.807, 2.05) is 27.7 Å². The molecule has 0 aromatic rings. The molecule has 0 heterocycles. The summed E-state index contributed by atoms with van der Waals surface area (Å²) >= 11 is 0. The number of carbonyl (C=O) groups is 2. The number of hydrogen-bond acceptors (Lipinski definition) is 4. The van der Waals surface area contributed by atoms with E-state index in [0.29, 0.717) is 19.4 Å². The molecule has 1 aliphatic rings. The Morgan fingerprint density at radius 3 is 2.18 bits per heavy atom. The lowest BCUT2D eigenvalue weighted by molar-refractivity contribution is -0.126. The smallest absolute Gasteiger partial charge is 0.235 e. The van der Waals surface area contributed by atoms with Gasteiger partial charge in [0.25, 0.3) is 0 Å². The Labute approximate surface area is 133 Å². The van der Waals surface area contributed by atoms with Gasteiger partial charge in [0.05, 0.1) is 19.2 Å². The van der Waals surface area contributed by atoms with Crippen molar-refractivity contribution in [3.05, 3.63) is 0 Å². The van der Waals surface area contributed by atoms with Gasteiger partial charge in [0.15, 0.2) is 0 Å². The molecule has 6 nitrogen and oxygen atoms in total. The van der Waals surface area contributed by atoms with Gasteiger partial charge >= 0.3 is 0 Å². The molecule has 1 rings (SSSR count). The van der Waals surface area contributed by atoms with Crippen LogP contribution in [0, 0.1) is 11.3 Å². The van der Waals surface area contributed by atoms with Crippen LogP contribution in [0.1, 0.15) is 53.4 Å². The molecule has 0 aromatic carbocycles. The maximum Gasteiger partial charge on any atom is 0.235 e. The third-order valence-corrected chi connectivity index (χ3v) is 3.75. The number of hydrogen-bond donors (Lipinski definition) is 2. The zero-order valence-electron chi connectivity index (χ0n) is 14.2. The summed E-state index contributed by atoms with van der Waals surface area (Å²) in [6, 6.07) is 2.24. The third kappa shape index (κ3) is 6.02. The lowest BCUT2D eigenvalue weighted by Crippen LogP contribution is -2.51. The van der Waals surface area contributed by atoms with Gasteiger partial charge in [0.1, 0.15) is 5.54 Å². The van der Waals surface area contributed by atoms with Crippen molar-refractivity contribution in [3.8, 4) is 6.07 Å². The summed E-state index contributed by atoms with van der Waals surface area (Å²) in [5.41, 5.74) is -0.988. The van der Waals surface area contributed by atoms with E-state index < -0.39 is 5.54 Å². The fraction of sp³-hybridized carbons (Fsp3) is 0.812. The molecule has 0 spiro atoms. The zero-order chi connectivity index (χ0) is 16.8.